The molecule has 0 saturated heterocycles. The highest BCUT2D eigenvalue weighted by atomic mass is 32.2. The SMILES string of the molecule is COC(=O)COc1ccc(Cn2ccc3cc(NS(=O)(=O)c4ccc(C(C)(C)C)cc4)ccc32)cc1. The van der Waals surface area contributed by atoms with Gasteiger partial charge in [0.1, 0.15) is 5.75 Å². The van der Waals surface area contributed by atoms with Crippen LogP contribution >= 0.6 is 0 Å². The number of nitrogens with zero attached hydrogens (tertiary/aromatic N) is 1. The molecular weight excluding hydrogens is 476 g/mol. The quantitative estimate of drug-likeness (QED) is 0.326. The van der Waals surface area contributed by atoms with Gasteiger partial charge >= 0.3 is 5.97 Å². The number of anilines is 1. The van der Waals surface area contributed by atoms with Gasteiger partial charge in [-0.05, 0) is 65.1 Å². The topological polar surface area (TPSA) is 86.6 Å². The van der Waals surface area contributed by atoms with Crippen LogP contribution in [0, 0.1) is 0 Å². The molecule has 36 heavy (non-hydrogen) atoms. The lowest BCUT2D eigenvalue weighted by atomic mass is 9.87. The number of nitrogens with one attached hydrogen (secondary N) is 1. The second-order valence-corrected chi connectivity index (χ2v) is 11.3. The standard InChI is InChI=1S/C28H30N2O5S/c1-28(2,3)22-7-12-25(13-8-22)36(32,33)29-23-9-14-26-21(17-23)15-16-30(26)18-20-5-10-24(11-6-20)35-19-27(31)34-4/h5-17,29H,18-19H2,1-4H3. The highest BCUT2D eigenvalue weighted by Gasteiger charge is 2.18. The molecule has 7 nitrogen and oxygen atoms in total. The molecule has 0 radical (unpaired) electrons. The minimum Gasteiger partial charge on any atom is -0.482 e. The smallest absolute Gasteiger partial charge is 0.343 e. The number of carbonyl (C=O) groups excluding carboxylic acids is 1. The number of sulfonamides is 1. The normalized spacial score (nSPS) is 11.9. The van der Waals surface area contributed by atoms with Crippen LogP contribution in [0.1, 0.15) is 31.9 Å². The van der Waals surface area contributed by atoms with Crippen molar-refractivity contribution in [2.24, 2.45) is 0 Å². The molecule has 1 N–H and O–H groups in total. The summed E-state index contributed by atoms with van der Waals surface area (Å²) in [6.07, 6.45) is 1.97. The maximum Gasteiger partial charge on any atom is 0.343 e. The lowest BCUT2D eigenvalue weighted by Gasteiger charge is -2.19. The van der Waals surface area contributed by atoms with E-state index in [4.69, 9.17) is 4.74 Å². The number of fused-ring (bicyclic) bond motifs is 1. The van der Waals surface area contributed by atoms with Crippen molar-refractivity contribution in [3.05, 3.63) is 90.1 Å². The fraction of sp³-hybridized carbons (Fsp3) is 0.250. The minimum absolute atomic E-state index is 0.0474. The van der Waals surface area contributed by atoms with Gasteiger partial charge in [0.2, 0.25) is 0 Å². The molecule has 1 aromatic heterocycles. The Morgan fingerprint density at radius 2 is 1.64 bits per heavy atom. The Labute approximate surface area is 211 Å². The van der Waals surface area contributed by atoms with E-state index >= 15 is 0 Å². The van der Waals surface area contributed by atoms with Crippen LogP contribution in [0.25, 0.3) is 10.9 Å². The highest BCUT2D eigenvalue weighted by Crippen LogP contribution is 2.26. The number of carbonyl (C=O) groups is 1. The van der Waals surface area contributed by atoms with Gasteiger partial charge < -0.3 is 14.0 Å². The lowest BCUT2D eigenvalue weighted by Crippen LogP contribution is -2.14. The predicted octanol–water partition coefficient (Wildman–Crippen LogP) is 5.34. The summed E-state index contributed by atoms with van der Waals surface area (Å²) in [6, 6.07) is 22.0. The monoisotopic (exact) mass is 506 g/mol. The Morgan fingerprint density at radius 1 is 0.944 bits per heavy atom. The number of aromatic nitrogens is 1. The zero-order chi connectivity index (χ0) is 25.9. The largest absolute Gasteiger partial charge is 0.482 e. The van der Waals surface area contributed by atoms with Crippen LogP contribution in [0.15, 0.2) is 83.9 Å². The molecule has 0 amide bonds. The number of esters is 1. The predicted molar refractivity (Wildman–Crippen MR) is 141 cm³/mol. The lowest BCUT2D eigenvalue weighted by molar-refractivity contribution is -0.142. The Bertz CT molecular complexity index is 1470. The van der Waals surface area contributed by atoms with Crippen LogP contribution in [0.3, 0.4) is 0 Å². The first-order valence-electron chi connectivity index (χ1n) is 11.6. The van der Waals surface area contributed by atoms with E-state index in [2.05, 4.69) is 34.8 Å². The van der Waals surface area contributed by atoms with E-state index in [1.165, 1.54) is 7.11 Å². The van der Waals surface area contributed by atoms with Crippen molar-refractivity contribution in [3.63, 3.8) is 0 Å². The van der Waals surface area contributed by atoms with E-state index in [-0.39, 0.29) is 16.9 Å². The van der Waals surface area contributed by atoms with E-state index < -0.39 is 16.0 Å². The van der Waals surface area contributed by atoms with Crippen molar-refractivity contribution in [1.82, 2.24) is 4.57 Å². The number of rotatable bonds is 8. The van der Waals surface area contributed by atoms with Crippen molar-refractivity contribution in [1.29, 1.82) is 0 Å². The third-order valence-corrected chi connectivity index (χ3v) is 7.31. The molecule has 4 rings (SSSR count). The summed E-state index contributed by atoms with van der Waals surface area (Å²) in [6.45, 7) is 6.77. The molecule has 188 valence electrons. The molecule has 0 aliphatic carbocycles. The third-order valence-electron chi connectivity index (χ3n) is 5.91. The number of methoxy groups -OCH3 is 1. The third kappa shape index (κ3) is 5.88. The van der Waals surface area contributed by atoms with Crippen molar-refractivity contribution >= 4 is 32.6 Å². The summed E-state index contributed by atoms with van der Waals surface area (Å²) < 4.78 is 40.6. The highest BCUT2D eigenvalue weighted by molar-refractivity contribution is 7.92. The Kier molecular flexibility index (Phi) is 7.08. The minimum atomic E-state index is -3.70. The summed E-state index contributed by atoms with van der Waals surface area (Å²) in [5.41, 5.74) is 3.58. The van der Waals surface area contributed by atoms with Gasteiger partial charge in [-0.25, -0.2) is 13.2 Å². The molecule has 4 aromatic rings. The maximum atomic E-state index is 12.9. The molecular formula is C28H30N2O5S. The van der Waals surface area contributed by atoms with Gasteiger partial charge in [-0.15, -0.1) is 0 Å². The second-order valence-electron chi connectivity index (χ2n) is 9.61. The van der Waals surface area contributed by atoms with E-state index in [1.54, 1.807) is 18.2 Å². The van der Waals surface area contributed by atoms with Gasteiger partial charge in [-0.2, -0.15) is 0 Å². The van der Waals surface area contributed by atoms with Crippen LogP contribution in [0.4, 0.5) is 5.69 Å². The number of hydrogen-bond acceptors (Lipinski definition) is 5. The molecule has 0 atom stereocenters. The van der Waals surface area contributed by atoms with Crippen molar-refractivity contribution in [2.45, 2.75) is 37.6 Å². The van der Waals surface area contributed by atoms with Gasteiger partial charge in [0.25, 0.3) is 10.0 Å². The molecule has 0 aliphatic rings. The molecule has 0 spiro atoms. The van der Waals surface area contributed by atoms with Crippen molar-refractivity contribution in [3.8, 4) is 5.75 Å². The summed E-state index contributed by atoms with van der Waals surface area (Å²) in [5, 5.41) is 0.927. The van der Waals surface area contributed by atoms with E-state index in [0.717, 1.165) is 22.0 Å². The molecule has 3 aromatic carbocycles. The van der Waals surface area contributed by atoms with Crippen LogP contribution in [-0.2, 0) is 31.5 Å². The second kappa shape index (κ2) is 10.1. The van der Waals surface area contributed by atoms with Gasteiger partial charge in [-0.1, -0.05) is 45.0 Å². The fourth-order valence-corrected chi connectivity index (χ4v) is 4.89. The fourth-order valence-electron chi connectivity index (χ4n) is 3.84. The van der Waals surface area contributed by atoms with Gasteiger partial charge in [0.15, 0.2) is 6.61 Å². The zero-order valence-electron chi connectivity index (χ0n) is 20.8. The molecule has 0 aliphatic heterocycles. The molecule has 0 bridgehead atoms. The van der Waals surface area contributed by atoms with Crippen LogP contribution in [0.5, 0.6) is 5.75 Å². The average Bonchev–Trinajstić information content (AvgIpc) is 3.24. The Morgan fingerprint density at radius 3 is 2.28 bits per heavy atom. The van der Waals surface area contributed by atoms with Crippen molar-refractivity contribution in [2.75, 3.05) is 18.4 Å². The van der Waals surface area contributed by atoms with Crippen molar-refractivity contribution < 1.29 is 22.7 Å². The first kappa shape index (κ1) is 25.3. The summed E-state index contributed by atoms with van der Waals surface area (Å²) in [5.74, 6) is 0.157. The first-order valence-corrected chi connectivity index (χ1v) is 13.0. The van der Waals surface area contributed by atoms with Crippen LogP contribution < -0.4 is 9.46 Å². The molecule has 0 fully saturated rings. The van der Waals surface area contributed by atoms with Gasteiger partial charge in [-0.3, -0.25) is 4.72 Å². The Hall–Kier alpha value is -3.78. The van der Waals surface area contributed by atoms with Crippen LogP contribution in [-0.4, -0.2) is 32.7 Å². The van der Waals surface area contributed by atoms with Gasteiger partial charge in [0, 0.05) is 29.3 Å². The molecule has 0 unspecified atom stereocenters. The summed E-state index contributed by atoms with van der Waals surface area (Å²) in [4.78, 5) is 11.4. The summed E-state index contributed by atoms with van der Waals surface area (Å²) >= 11 is 0. The van der Waals surface area contributed by atoms with E-state index in [0.29, 0.717) is 18.0 Å². The number of ether oxygens (including phenoxy) is 2. The first-order chi connectivity index (χ1) is 17.0. The van der Waals surface area contributed by atoms with E-state index in [9.17, 15) is 13.2 Å². The molecule has 8 heteroatoms. The van der Waals surface area contributed by atoms with E-state index in [1.807, 2.05) is 60.8 Å². The summed E-state index contributed by atoms with van der Waals surface area (Å²) in [7, 11) is -2.38. The number of hydrogen-bond donors (Lipinski definition) is 1. The maximum absolute atomic E-state index is 12.9. The average molecular weight is 507 g/mol. The molecule has 1 heterocycles. The number of benzene rings is 3. The molecule has 0 saturated carbocycles. The van der Waals surface area contributed by atoms with Crippen LogP contribution in [0.2, 0.25) is 0 Å². The van der Waals surface area contributed by atoms with Gasteiger partial charge in [0.05, 0.1) is 12.0 Å². The Balaban J connectivity index is 1.46. The zero-order valence-corrected chi connectivity index (χ0v) is 21.6.